The van der Waals surface area contributed by atoms with Crippen LogP contribution in [0.25, 0.3) is 6.08 Å². The van der Waals surface area contributed by atoms with Crippen LogP contribution in [0.5, 0.6) is 11.5 Å². The second-order valence-corrected chi connectivity index (χ2v) is 3.73. The zero-order chi connectivity index (χ0) is 13.7. The second kappa shape index (κ2) is 5.67. The summed E-state index contributed by atoms with van der Waals surface area (Å²) in [5.41, 5.74) is 0.799. The fourth-order valence-electron chi connectivity index (χ4n) is 1.56. The van der Waals surface area contributed by atoms with E-state index in [2.05, 4.69) is 0 Å². The Morgan fingerprint density at radius 1 is 1.11 bits per heavy atom. The molecule has 0 aromatic heterocycles. The van der Waals surface area contributed by atoms with Crippen molar-refractivity contribution in [2.24, 2.45) is 0 Å². The number of hydrogen-bond acceptors (Lipinski definition) is 3. The van der Waals surface area contributed by atoms with Crippen molar-refractivity contribution in [1.82, 2.24) is 0 Å². The van der Waals surface area contributed by atoms with Gasteiger partial charge in [-0.15, -0.1) is 0 Å². The molecule has 2 aromatic carbocycles. The number of aromatic carboxylic acids is 1. The molecule has 0 atom stereocenters. The highest BCUT2D eigenvalue weighted by Gasteiger charge is 2.10. The van der Waals surface area contributed by atoms with Crippen LogP contribution >= 0.6 is 0 Å². The maximum absolute atomic E-state index is 11.0. The summed E-state index contributed by atoms with van der Waals surface area (Å²) in [6.45, 7) is 0. The molecule has 0 bridgehead atoms. The van der Waals surface area contributed by atoms with Crippen LogP contribution < -0.4 is 4.74 Å². The highest BCUT2D eigenvalue weighted by molar-refractivity contribution is 5.90. The summed E-state index contributed by atoms with van der Waals surface area (Å²) in [4.78, 5) is 21.2. The van der Waals surface area contributed by atoms with Crippen molar-refractivity contribution >= 4 is 18.0 Å². The normalized spacial score (nSPS) is 9.47. The van der Waals surface area contributed by atoms with Gasteiger partial charge in [-0.2, -0.15) is 0 Å². The average Bonchev–Trinajstić information content (AvgIpc) is 2.42. The van der Waals surface area contributed by atoms with Gasteiger partial charge in [-0.3, -0.25) is 0 Å². The third kappa shape index (κ3) is 3.09. The van der Waals surface area contributed by atoms with E-state index < -0.39 is 5.97 Å². The summed E-state index contributed by atoms with van der Waals surface area (Å²) < 4.78 is 5.51. The predicted molar refractivity (Wildman–Crippen MR) is 70.1 cm³/mol. The third-order valence-electron chi connectivity index (χ3n) is 2.45. The summed E-state index contributed by atoms with van der Waals surface area (Å²) in [5, 5.41) is 9.03. The summed E-state index contributed by atoms with van der Waals surface area (Å²) in [6.07, 6.45) is 1.30. The van der Waals surface area contributed by atoms with E-state index >= 15 is 0 Å². The quantitative estimate of drug-likeness (QED) is 0.852. The molecule has 4 heteroatoms. The third-order valence-corrected chi connectivity index (χ3v) is 2.45. The van der Waals surface area contributed by atoms with Crippen LogP contribution in [0, 0.1) is 0 Å². The lowest BCUT2D eigenvalue weighted by Crippen LogP contribution is -1.99. The van der Waals surface area contributed by atoms with E-state index in [0.717, 1.165) is 0 Å². The second-order valence-electron chi connectivity index (χ2n) is 3.73. The molecule has 0 fully saturated rings. The van der Waals surface area contributed by atoms with Gasteiger partial charge in [0.25, 0.3) is 0 Å². The molecule has 2 aromatic rings. The van der Waals surface area contributed by atoms with Crippen molar-refractivity contribution in [2.75, 3.05) is 0 Å². The Morgan fingerprint density at radius 3 is 2.42 bits per heavy atom. The van der Waals surface area contributed by atoms with Gasteiger partial charge in [0.1, 0.15) is 23.0 Å². The van der Waals surface area contributed by atoms with Crippen molar-refractivity contribution < 1.29 is 19.4 Å². The number of carboxylic acid groups (broad SMARTS) is 1. The van der Waals surface area contributed by atoms with Crippen LogP contribution in [0.15, 0.2) is 48.5 Å². The van der Waals surface area contributed by atoms with Gasteiger partial charge >= 0.3 is 5.97 Å². The lowest BCUT2D eigenvalue weighted by Gasteiger charge is -2.08. The van der Waals surface area contributed by atoms with Gasteiger partial charge in [0.15, 0.2) is 0 Å². The van der Waals surface area contributed by atoms with Crippen LogP contribution in [-0.2, 0) is 4.79 Å². The van der Waals surface area contributed by atoms with E-state index in [1.807, 2.05) is 0 Å². The summed E-state index contributed by atoms with van der Waals surface area (Å²) >= 11 is 0. The summed E-state index contributed by atoms with van der Waals surface area (Å²) in [7, 11) is 0. The first-order chi connectivity index (χ1) is 9.20. The smallest absolute Gasteiger partial charge is 0.339 e. The molecule has 0 radical (unpaired) electrons. The van der Waals surface area contributed by atoms with Crippen LogP contribution in [0.1, 0.15) is 15.9 Å². The first-order valence-electron chi connectivity index (χ1n) is 5.52. The average molecular weight is 254 g/mol. The number of benzene rings is 2. The van der Waals surface area contributed by atoms with Gasteiger partial charge < -0.3 is 9.84 Å². The van der Waals surface area contributed by atoms with Gasteiger partial charge in [0.05, 0.1) is 0 Å². The minimum atomic E-state index is -1.05. The molecule has 0 aliphatic carbocycles. The van der Waals surface area contributed by atoms with E-state index in [1.165, 1.54) is 12.1 Å². The number of ether oxygens (including phenoxy) is 1. The minimum absolute atomic E-state index is 0.0966. The van der Waals surface area contributed by atoms with Crippen LogP contribution in [-0.4, -0.2) is 17.0 Å². The molecule has 0 saturated heterocycles. The van der Waals surface area contributed by atoms with Crippen LogP contribution in [0.2, 0.25) is 0 Å². The number of rotatable bonds is 4. The van der Waals surface area contributed by atoms with E-state index in [0.29, 0.717) is 11.3 Å². The molecule has 94 valence electrons. The molecule has 2 rings (SSSR count). The Balaban J connectivity index is 2.26. The van der Waals surface area contributed by atoms with Crippen LogP contribution in [0.4, 0.5) is 0 Å². The van der Waals surface area contributed by atoms with Crippen molar-refractivity contribution in [3.63, 3.8) is 0 Å². The maximum atomic E-state index is 11.0. The molecular weight excluding hydrogens is 244 g/mol. The molecule has 0 spiro atoms. The van der Waals surface area contributed by atoms with Gasteiger partial charge in [0, 0.05) is 6.08 Å². The molecule has 0 saturated carbocycles. The molecule has 4 nitrogen and oxygen atoms in total. The molecule has 0 aliphatic heterocycles. The van der Waals surface area contributed by atoms with Gasteiger partial charge in [0.2, 0.25) is 0 Å². The molecule has 0 heterocycles. The molecule has 0 aliphatic rings. The summed E-state index contributed by atoms with van der Waals surface area (Å²) in [5.74, 6) is 1.41. The van der Waals surface area contributed by atoms with Crippen molar-refractivity contribution in [3.05, 3.63) is 59.7 Å². The van der Waals surface area contributed by atoms with Crippen molar-refractivity contribution in [3.8, 4) is 11.5 Å². The number of carbonyl (C=O) groups is 1. The Labute approximate surface area is 109 Å². The Bertz CT molecular complexity index is 637. The van der Waals surface area contributed by atoms with E-state index in [1.54, 1.807) is 48.4 Å². The largest absolute Gasteiger partial charge is 0.478 e. The number of para-hydroxylation sites is 1. The zero-order valence-corrected chi connectivity index (χ0v) is 9.87. The number of hydrogen-bond donors (Lipinski definition) is 1. The Morgan fingerprint density at radius 2 is 1.79 bits per heavy atom. The fraction of sp³-hybridized carbons (Fsp3) is 0. The van der Waals surface area contributed by atoms with E-state index in [4.69, 9.17) is 9.84 Å². The lowest BCUT2D eigenvalue weighted by atomic mass is 10.2. The zero-order valence-electron chi connectivity index (χ0n) is 9.87. The SMILES string of the molecule is O=C=Cc1ccc(Oc2ccccc2C(=O)O)cc1. The minimum Gasteiger partial charge on any atom is -0.478 e. The van der Waals surface area contributed by atoms with Gasteiger partial charge in [-0.25, -0.2) is 9.59 Å². The fourth-order valence-corrected chi connectivity index (χ4v) is 1.56. The molecule has 0 amide bonds. The van der Waals surface area contributed by atoms with E-state index in [-0.39, 0.29) is 11.3 Å². The van der Waals surface area contributed by atoms with Crippen LogP contribution in [0.3, 0.4) is 0 Å². The molecule has 0 unspecified atom stereocenters. The standard InChI is InChI=1S/C15H10O4/c16-10-9-11-5-7-12(8-6-11)19-14-4-2-1-3-13(14)15(17)18/h1-9H,(H,17,18). The topological polar surface area (TPSA) is 63.6 Å². The first-order valence-corrected chi connectivity index (χ1v) is 5.52. The molecule has 1 N–H and O–H groups in total. The summed E-state index contributed by atoms with van der Waals surface area (Å²) in [6, 6.07) is 13.1. The van der Waals surface area contributed by atoms with Crippen molar-refractivity contribution in [2.45, 2.75) is 0 Å². The van der Waals surface area contributed by atoms with Gasteiger partial charge in [-0.05, 0) is 29.8 Å². The lowest BCUT2D eigenvalue weighted by molar-refractivity contribution is 0.0694. The number of carboxylic acids is 1. The predicted octanol–water partition coefficient (Wildman–Crippen LogP) is 3.02. The monoisotopic (exact) mass is 254 g/mol. The highest BCUT2D eigenvalue weighted by Crippen LogP contribution is 2.25. The van der Waals surface area contributed by atoms with E-state index in [9.17, 15) is 9.59 Å². The Kier molecular flexibility index (Phi) is 3.76. The first kappa shape index (κ1) is 12.6. The maximum Gasteiger partial charge on any atom is 0.339 e. The van der Waals surface area contributed by atoms with Crippen molar-refractivity contribution in [1.29, 1.82) is 0 Å². The highest BCUT2D eigenvalue weighted by atomic mass is 16.5. The number of carbonyl (C=O) groups excluding carboxylic acids is 1. The Hall–Kier alpha value is -2.84. The molecule has 19 heavy (non-hydrogen) atoms. The molecular formula is C15H10O4. The van der Waals surface area contributed by atoms with Gasteiger partial charge in [-0.1, -0.05) is 24.3 Å².